The average molecular weight is 340 g/mol. The van der Waals surface area contributed by atoms with Crippen LogP contribution in [0.1, 0.15) is 20.8 Å². The van der Waals surface area contributed by atoms with Gasteiger partial charge in [-0.2, -0.15) is 0 Å². The molecule has 0 aliphatic heterocycles. The lowest BCUT2D eigenvalue weighted by Crippen LogP contribution is -2.44. The molecule has 0 bridgehead atoms. The predicted octanol–water partition coefficient (Wildman–Crippen LogP) is 4.62. The predicted molar refractivity (Wildman–Crippen MR) is 74.1 cm³/mol. The molecular formula is C12H13BrCl2O2. The van der Waals surface area contributed by atoms with Gasteiger partial charge in [0, 0.05) is 5.02 Å². The Morgan fingerprint density at radius 2 is 1.76 bits per heavy atom. The monoisotopic (exact) mass is 338 g/mol. The summed E-state index contributed by atoms with van der Waals surface area (Å²) in [6, 6.07) is 6.77. The van der Waals surface area contributed by atoms with Crippen molar-refractivity contribution in [3.05, 3.63) is 29.3 Å². The Morgan fingerprint density at radius 3 is 2.18 bits per heavy atom. The summed E-state index contributed by atoms with van der Waals surface area (Å²) in [5.41, 5.74) is -0.867. The largest absolute Gasteiger partial charge is 0.461 e. The summed E-state index contributed by atoms with van der Waals surface area (Å²) >= 11 is 15.3. The van der Waals surface area contributed by atoms with Crippen molar-refractivity contribution in [3.8, 4) is 5.75 Å². The molecule has 1 rings (SSSR count). The molecule has 0 saturated heterocycles. The molecule has 0 heterocycles. The second-order valence-corrected chi connectivity index (χ2v) is 6.80. The van der Waals surface area contributed by atoms with Gasteiger partial charge in [0.05, 0.1) is 5.41 Å². The maximum absolute atomic E-state index is 11.5. The summed E-state index contributed by atoms with van der Waals surface area (Å²) in [4.78, 5) is 11.5. The number of ether oxygens (including phenoxy) is 1. The molecular weight excluding hydrogens is 327 g/mol. The third-order valence-corrected chi connectivity index (χ3v) is 4.62. The zero-order chi connectivity index (χ0) is 13.3. The fourth-order valence-electron chi connectivity index (χ4n) is 0.983. The van der Waals surface area contributed by atoms with E-state index in [9.17, 15) is 4.79 Å². The first-order valence-electron chi connectivity index (χ1n) is 5.00. The summed E-state index contributed by atoms with van der Waals surface area (Å²) in [5, 5.41) is 0.609. The highest BCUT2D eigenvalue weighted by atomic mass is 79.9. The zero-order valence-corrected chi connectivity index (χ0v) is 12.9. The van der Waals surface area contributed by atoms with E-state index in [1.54, 1.807) is 38.1 Å². The summed E-state index contributed by atoms with van der Waals surface area (Å²) in [7, 11) is 0. The Bertz CT molecular complexity index is 413. The topological polar surface area (TPSA) is 26.3 Å². The summed E-state index contributed by atoms with van der Waals surface area (Å²) in [6.45, 7) is 4.91. The minimum absolute atomic E-state index is 0.0710. The van der Waals surface area contributed by atoms with Crippen LogP contribution in [0.4, 0.5) is 0 Å². The normalized spacial score (nSPS) is 15.2. The van der Waals surface area contributed by atoms with Gasteiger partial charge in [-0.15, -0.1) is 0 Å². The molecule has 1 aromatic carbocycles. The number of Topliss-reactive ketones (excluding diaryl/α,β-unsaturated/α-hetero) is 1. The van der Waals surface area contributed by atoms with Crippen molar-refractivity contribution < 1.29 is 9.53 Å². The lowest BCUT2D eigenvalue weighted by Gasteiger charge is -2.35. The Labute approximate surface area is 119 Å². The summed E-state index contributed by atoms with van der Waals surface area (Å²) < 4.78 is 4.29. The van der Waals surface area contributed by atoms with Gasteiger partial charge in [-0.05, 0) is 61.0 Å². The van der Waals surface area contributed by atoms with E-state index in [-0.39, 0.29) is 5.78 Å². The Morgan fingerprint density at radius 1 is 1.29 bits per heavy atom. The molecule has 0 spiro atoms. The van der Waals surface area contributed by atoms with Gasteiger partial charge in [0.15, 0.2) is 0 Å². The van der Waals surface area contributed by atoms with Gasteiger partial charge in [-0.3, -0.25) is 4.79 Å². The van der Waals surface area contributed by atoms with E-state index in [0.29, 0.717) is 10.8 Å². The molecule has 1 atom stereocenters. The molecule has 0 saturated carbocycles. The van der Waals surface area contributed by atoms with Crippen LogP contribution >= 0.6 is 39.1 Å². The molecule has 5 heteroatoms. The number of alkyl halides is 2. The van der Waals surface area contributed by atoms with E-state index in [4.69, 9.17) is 27.9 Å². The van der Waals surface area contributed by atoms with Crippen LogP contribution in [0.25, 0.3) is 0 Å². The smallest absolute Gasteiger partial charge is 0.249 e. The maximum atomic E-state index is 11.5. The highest BCUT2D eigenvalue weighted by molar-refractivity contribution is 9.10. The summed E-state index contributed by atoms with van der Waals surface area (Å²) in [5.74, 6) is 0.467. The van der Waals surface area contributed by atoms with Crippen LogP contribution in [0.15, 0.2) is 24.3 Å². The van der Waals surface area contributed by atoms with Crippen LogP contribution in [0, 0.1) is 5.41 Å². The Kier molecular flexibility index (Phi) is 4.50. The van der Waals surface area contributed by atoms with Crippen molar-refractivity contribution in [1.29, 1.82) is 0 Å². The van der Waals surface area contributed by atoms with Crippen LogP contribution < -0.4 is 4.74 Å². The molecule has 17 heavy (non-hydrogen) atoms. The number of rotatable bonds is 4. The maximum Gasteiger partial charge on any atom is 0.249 e. The molecule has 1 unspecified atom stereocenters. The third kappa shape index (κ3) is 3.36. The van der Waals surface area contributed by atoms with E-state index in [1.807, 2.05) is 0 Å². The molecule has 0 aliphatic carbocycles. The van der Waals surface area contributed by atoms with Crippen molar-refractivity contribution in [3.63, 3.8) is 0 Å². The lowest BCUT2D eigenvalue weighted by atomic mass is 9.90. The molecule has 0 fully saturated rings. The first kappa shape index (κ1) is 14.8. The zero-order valence-electron chi connectivity index (χ0n) is 9.76. The first-order valence-corrected chi connectivity index (χ1v) is 6.55. The van der Waals surface area contributed by atoms with Crippen LogP contribution in [0.3, 0.4) is 0 Å². The Hall–Kier alpha value is -0.250. The molecule has 0 N–H and O–H groups in total. The number of hydrogen-bond acceptors (Lipinski definition) is 2. The fourth-order valence-corrected chi connectivity index (χ4v) is 1.80. The van der Waals surface area contributed by atoms with E-state index in [2.05, 4.69) is 15.9 Å². The number of halogens is 3. The number of ketones is 1. The van der Waals surface area contributed by atoms with Gasteiger partial charge in [0.2, 0.25) is 3.97 Å². The molecule has 0 amide bonds. The van der Waals surface area contributed by atoms with E-state index in [0.717, 1.165) is 0 Å². The van der Waals surface area contributed by atoms with E-state index >= 15 is 0 Å². The van der Waals surface area contributed by atoms with Crippen molar-refractivity contribution in [1.82, 2.24) is 0 Å². The van der Waals surface area contributed by atoms with Crippen molar-refractivity contribution >= 4 is 44.9 Å². The number of benzene rings is 1. The van der Waals surface area contributed by atoms with E-state index < -0.39 is 9.38 Å². The second kappa shape index (κ2) is 5.17. The standard InChI is InChI=1S/C12H13BrCl2O2/c1-8(16)11(2,3)12(13,15)17-10-6-4-9(14)5-7-10/h4-7H,1-3H3. The molecule has 0 aliphatic rings. The van der Waals surface area contributed by atoms with Crippen LogP contribution in [0.5, 0.6) is 5.75 Å². The molecule has 0 aromatic heterocycles. The highest BCUT2D eigenvalue weighted by Gasteiger charge is 2.47. The number of hydrogen-bond donors (Lipinski definition) is 0. The molecule has 94 valence electrons. The van der Waals surface area contributed by atoms with Gasteiger partial charge < -0.3 is 4.74 Å². The van der Waals surface area contributed by atoms with Gasteiger partial charge in [-0.25, -0.2) is 0 Å². The first-order chi connectivity index (χ1) is 7.67. The van der Waals surface area contributed by atoms with Crippen molar-refractivity contribution in [2.45, 2.75) is 24.7 Å². The number of carbonyl (C=O) groups excluding carboxylic acids is 1. The Balaban J connectivity index is 2.93. The fraction of sp³-hybridized carbons (Fsp3) is 0.417. The molecule has 1 aromatic rings. The van der Waals surface area contributed by atoms with Crippen LogP contribution in [-0.4, -0.2) is 9.75 Å². The lowest BCUT2D eigenvalue weighted by molar-refractivity contribution is -0.128. The minimum Gasteiger partial charge on any atom is -0.461 e. The second-order valence-electron chi connectivity index (χ2n) is 4.25. The average Bonchev–Trinajstić information content (AvgIpc) is 2.20. The third-order valence-electron chi connectivity index (χ3n) is 2.67. The molecule has 0 radical (unpaired) electrons. The van der Waals surface area contributed by atoms with Gasteiger partial charge in [0.25, 0.3) is 0 Å². The van der Waals surface area contributed by atoms with Gasteiger partial charge >= 0.3 is 0 Å². The minimum atomic E-state index is -1.29. The highest BCUT2D eigenvalue weighted by Crippen LogP contribution is 2.44. The van der Waals surface area contributed by atoms with Crippen LogP contribution in [0.2, 0.25) is 5.02 Å². The van der Waals surface area contributed by atoms with Gasteiger partial charge in [0.1, 0.15) is 11.5 Å². The molecule has 2 nitrogen and oxygen atoms in total. The van der Waals surface area contributed by atoms with Crippen molar-refractivity contribution in [2.75, 3.05) is 0 Å². The van der Waals surface area contributed by atoms with E-state index in [1.165, 1.54) is 6.92 Å². The SMILES string of the molecule is CC(=O)C(C)(C)C(Cl)(Br)Oc1ccc(Cl)cc1. The summed E-state index contributed by atoms with van der Waals surface area (Å²) in [6.07, 6.45) is 0. The van der Waals surface area contributed by atoms with Gasteiger partial charge in [-0.1, -0.05) is 23.2 Å². The van der Waals surface area contributed by atoms with Crippen molar-refractivity contribution in [2.24, 2.45) is 5.41 Å². The number of carbonyl (C=O) groups is 1. The quantitative estimate of drug-likeness (QED) is 0.748. The van der Waals surface area contributed by atoms with Crippen LogP contribution in [-0.2, 0) is 4.79 Å².